The third-order valence-electron chi connectivity index (χ3n) is 1.52. The van der Waals surface area contributed by atoms with Crippen molar-refractivity contribution in [2.24, 2.45) is 12.8 Å². The largest absolute Gasteiger partial charge is 0.382 e. The maximum absolute atomic E-state index is 11.2. The molecular formula is C6H13N5O. The number of hydrogen-bond acceptors (Lipinski definition) is 4. The second-order valence-corrected chi connectivity index (χ2v) is 2.48. The highest BCUT2D eigenvalue weighted by Gasteiger charge is 2.07. The summed E-state index contributed by atoms with van der Waals surface area (Å²) in [5, 5.41) is 5.50. The van der Waals surface area contributed by atoms with Crippen LogP contribution in [0.5, 0.6) is 0 Å². The molecule has 0 saturated carbocycles. The molecular weight excluding hydrogens is 158 g/mol. The molecule has 0 radical (unpaired) electrons. The monoisotopic (exact) mass is 171 g/mol. The van der Waals surface area contributed by atoms with Gasteiger partial charge in [-0.1, -0.05) is 0 Å². The molecule has 1 aromatic heterocycles. The number of hydrogen-bond donors (Lipinski definition) is 4. The van der Waals surface area contributed by atoms with Crippen molar-refractivity contribution < 1.29 is 0 Å². The molecule has 0 atom stereocenters. The average Bonchev–Trinajstić information content (AvgIpc) is 2.25. The van der Waals surface area contributed by atoms with E-state index in [9.17, 15) is 4.79 Å². The van der Waals surface area contributed by atoms with E-state index in [1.807, 2.05) is 0 Å². The highest BCUT2D eigenvalue weighted by molar-refractivity contribution is 5.60. The predicted octanol–water partition coefficient (Wildman–Crippen LogP) is -1.33. The van der Waals surface area contributed by atoms with Gasteiger partial charge in [-0.25, -0.2) is 0 Å². The number of nitrogens with zero attached hydrogens (tertiary/aromatic N) is 1. The normalized spacial score (nSPS) is 10.2. The van der Waals surface area contributed by atoms with Crippen LogP contribution in [0.1, 0.15) is 0 Å². The first kappa shape index (κ1) is 8.66. The van der Waals surface area contributed by atoms with E-state index in [4.69, 9.17) is 11.5 Å². The zero-order chi connectivity index (χ0) is 9.14. The standard InChI is InChI=1S/C6H13N5O/c1-11-6(12)4(5(8)10-11)9-3-2-7/h9-10H,2-3,7-8H2,1H3. The number of nitrogens with one attached hydrogen (secondary N) is 2. The molecule has 0 bridgehead atoms. The van der Waals surface area contributed by atoms with E-state index in [-0.39, 0.29) is 5.56 Å². The molecule has 1 heterocycles. The van der Waals surface area contributed by atoms with Crippen molar-refractivity contribution >= 4 is 11.5 Å². The fourth-order valence-electron chi connectivity index (χ4n) is 0.938. The molecule has 0 spiro atoms. The van der Waals surface area contributed by atoms with Gasteiger partial charge in [0, 0.05) is 20.1 Å². The molecule has 6 heteroatoms. The molecule has 0 unspecified atom stereocenters. The summed E-state index contributed by atoms with van der Waals surface area (Å²) in [5.74, 6) is 0.343. The van der Waals surface area contributed by atoms with Gasteiger partial charge in [0.2, 0.25) is 0 Å². The zero-order valence-corrected chi connectivity index (χ0v) is 6.92. The van der Waals surface area contributed by atoms with E-state index >= 15 is 0 Å². The summed E-state index contributed by atoms with van der Waals surface area (Å²) in [6, 6.07) is 0. The van der Waals surface area contributed by atoms with E-state index < -0.39 is 0 Å². The Labute approximate surface area is 69.5 Å². The Morgan fingerprint density at radius 2 is 2.33 bits per heavy atom. The lowest BCUT2D eigenvalue weighted by molar-refractivity contribution is 0.744. The van der Waals surface area contributed by atoms with Crippen LogP contribution in [0.15, 0.2) is 4.79 Å². The van der Waals surface area contributed by atoms with Crippen LogP contribution in [-0.2, 0) is 7.05 Å². The molecule has 0 aromatic carbocycles. The minimum Gasteiger partial charge on any atom is -0.382 e. The predicted molar refractivity (Wildman–Crippen MR) is 48.0 cm³/mol. The third-order valence-corrected chi connectivity index (χ3v) is 1.52. The number of aryl methyl sites for hydroxylation is 1. The van der Waals surface area contributed by atoms with Gasteiger partial charge in [-0.15, -0.1) is 0 Å². The molecule has 12 heavy (non-hydrogen) atoms. The molecule has 6 N–H and O–H groups in total. The second kappa shape index (κ2) is 3.31. The number of aromatic amines is 1. The molecule has 0 fully saturated rings. The van der Waals surface area contributed by atoms with E-state index in [0.29, 0.717) is 24.6 Å². The SMILES string of the molecule is Cn1[nH]c(N)c(NCCN)c1=O. The molecule has 1 rings (SSSR count). The van der Waals surface area contributed by atoms with Gasteiger partial charge in [0.05, 0.1) is 0 Å². The van der Waals surface area contributed by atoms with E-state index in [0.717, 1.165) is 0 Å². The van der Waals surface area contributed by atoms with Gasteiger partial charge < -0.3 is 16.8 Å². The van der Waals surface area contributed by atoms with Crippen LogP contribution in [0.25, 0.3) is 0 Å². The van der Waals surface area contributed by atoms with Crippen LogP contribution in [0, 0.1) is 0 Å². The second-order valence-electron chi connectivity index (χ2n) is 2.48. The summed E-state index contributed by atoms with van der Waals surface area (Å²) in [4.78, 5) is 11.2. The van der Waals surface area contributed by atoms with E-state index in [1.165, 1.54) is 4.68 Å². The Morgan fingerprint density at radius 3 is 2.75 bits per heavy atom. The summed E-state index contributed by atoms with van der Waals surface area (Å²) < 4.78 is 1.31. The smallest absolute Gasteiger partial charge is 0.291 e. The van der Waals surface area contributed by atoms with Gasteiger partial charge in [0.25, 0.3) is 5.56 Å². The van der Waals surface area contributed by atoms with E-state index in [2.05, 4.69) is 10.4 Å². The number of nitrogen functional groups attached to an aromatic ring is 1. The molecule has 1 aromatic rings. The Balaban J connectivity index is 2.90. The molecule has 6 nitrogen and oxygen atoms in total. The van der Waals surface area contributed by atoms with Crippen LogP contribution < -0.4 is 22.3 Å². The van der Waals surface area contributed by atoms with Crippen molar-refractivity contribution in [3.05, 3.63) is 10.4 Å². The molecule has 0 aliphatic rings. The molecule has 0 saturated heterocycles. The average molecular weight is 171 g/mol. The van der Waals surface area contributed by atoms with Crippen molar-refractivity contribution in [1.29, 1.82) is 0 Å². The number of aromatic nitrogens is 2. The van der Waals surface area contributed by atoms with Crippen LogP contribution in [0.2, 0.25) is 0 Å². The van der Waals surface area contributed by atoms with Crippen LogP contribution in [0.3, 0.4) is 0 Å². The Morgan fingerprint density at radius 1 is 1.67 bits per heavy atom. The van der Waals surface area contributed by atoms with Crippen LogP contribution in [0.4, 0.5) is 11.5 Å². The fraction of sp³-hybridized carbons (Fsp3) is 0.500. The minimum atomic E-state index is -0.166. The van der Waals surface area contributed by atoms with Gasteiger partial charge in [0.1, 0.15) is 11.5 Å². The van der Waals surface area contributed by atoms with Crippen molar-refractivity contribution in [2.75, 3.05) is 24.1 Å². The molecule has 0 amide bonds. The van der Waals surface area contributed by atoms with Crippen LogP contribution >= 0.6 is 0 Å². The lowest BCUT2D eigenvalue weighted by Gasteiger charge is -1.99. The molecule has 0 aliphatic carbocycles. The number of H-pyrrole nitrogens is 1. The summed E-state index contributed by atoms with van der Waals surface area (Å²) in [7, 11) is 1.60. The summed E-state index contributed by atoms with van der Waals surface area (Å²) in [6.07, 6.45) is 0. The summed E-state index contributed by atoms with van der Waals surface area (Å²) in [5.41, 5.74) is 11.0. The Kier molecular flexibility index (Phi) is 2.39. The first-order valence-electron chi connectivity index (χ1n) is 3.65. The van der Waals surface area contributed by atoms with Crippen molar-refractivity contribution in [3.63, 3.8) is 0 Å². The Hall–Kier alpha value is -1.43. The van der Waals surface area contributed by atoms with Gasteiger partial charge in [-0.2, -0.15) is 0 Å². The highest BCUT2D eigenvalue weighted by atomic mass is 16.1. The van der Waals surface area contributed by atoms with Crippen molar-refractivity contribution in [1.82, 2.24) is 9.78 Å². The number of nitrogens with two attached hydrogens (primary N) is 2. The lowest BCUT2D eigenvalue weighted by atomic mass is 10.5. The summed E-state index contributed by atoms with van der Waals surface area (Å²) >= 11 is 0. The highest BCUT2D eigenvalue weighted by Crippen LogP contribution is 2.07. The molecule has 68 valence electrons. The summed E-state index contributed by atoms with van der Waals surface area (Å²) in [6.45, 7) is 1.01. The first-order chi connectivity index (χ1) is 5.66. The van der Waals surface area contributed by atoms with Gasteiger partial charge in [-0.05, 0) is 0 Å². The first-order valence-corrected chi connectivity index (χ1v) is 3.65. The quantitative estimate of drug-likeness (QED) is 0.452. The van der Waals surface area contributed by atoms with Gasteiger partial charge in [-0.3, -0.25) is 14.6 Å². The van der Waals surface area contributed by atoms with Gasteiger partial charge in [0.15, 0.2) is 0 Å². The minimum absolute atomic E-state index is 0.166. The zero-order valence-electron chi connectivity index (χ0n) is 6.92. The third kappa shape index (κ3) is 1.42. The number of anilines is 2. The maximum atomic E-state index is 11.2. The number of rotatable bonds is 3. The van der Waals surface area contributed by atoms with Crippen molar-refractivity contribution in [2.45, 2.75) is 0 Å². The van der Waals surface area contributed by atoms with Crippen molar-refractivity contribution in [3.8, 4) is 0 Å². The van der Waals surface area contributed by atoms with Crippen LogP contribution in [-0.4, -0.2) is 22.9 Å². The topological polar surface area (TPSA) is 102 Å². The Bertz CT molecular complexity index is 312. The van der Waals surface area contributed by atoms with Gasteiger partial charge >= 0.3 is 0 Å². The fourth-order valence-corrected chi connectivity index (χ4v) is 0.938. The molecule has 0 aliphatic heterocycles. The lowest BCUT2D eigenvalue weighted by Crippen LogP contribution is -2.20. The van der Waals surface area contributed by atoms with E-state index in [1.54, 1.807) is 7.05 Å². The maximum Gasteiger partial charge on any atom is 0.291 e.